The molecule has 1 saturated heterocycles. The van der Waals surface area contributed by atoms with Crippen LogP contribution in [0.15, 0.2) is 47.8 Å². The lowest BCUT2D eigenvalue weighted by atomic mass is 10.1. The molecular formula is C26H27FN10O2S. The molecule has 0 radical (unpaired) electrons. The third kappa shape index (κ3) is 5.34. The minimum absolute atomic E-state index is 0.0142. The van der Waals surface area contributed by atoms with E-state index in [1.54, 1.807) is 18.5 Å². The van der Waals surface area contributed by atoms with Gasteiger partial charge in [0, 0.05) is 44.9 Å². The third-order valence-electron chi connectivity index (χ3n) is 6.42. The number of benzene rings is 2. The maximum absolute atomic E-state index is 14.9. The summed E-state index contributed by atoms with van der Waals surface area (Å²) in [5.74, 6) is -0.463. The molecule has 1 fully saturated rings. The second-order valence-corrected chi connectivity index (χ2v) is 9.93. The number of nitrogens with one attached hydrogen (secondary N) is 2. The summed E-state index contributed by atoms with van der Waals surface area (Å²) in [5.41, 5.74) is 6.95. The van der Waals surface area contributed by atoms with E-state index in [-0.39, 0.29) is 28.1 Å². The minimum atomic E-state index is -0.749. The number of rotatable bonds is 8. The number of hydrogen-bond donors (Lipinski definition) is 3. The minimum Gasteiger partial charge on any atom is -0.451 e. The Bertz CT molecular complexity index is 1630. The molecule has 0 unspecified atom stereocenters. The largest absolute Gasteiger partial charge is 0.451 e. The molecule has 2 aromatic heterocycles. The number of piperazine rings is 1. The van der Waals surface area contributed by atoms with Gasteiger partial charge in [0.05, 0.1) is 40.4 Å². The van der Waals surface area contributed by atoms with Crippen LogP contribution in [0.2, 0.25) is 0 Å². The number of hydrogen-bond acceptors (Lipinski definition) is 12. The molecule has 14 heteroatoms. The molecule has 1 aliphatic rings. The topological polar surface area (TPSA) is 150 Å². The molecule has 2 aromatic carbocycles. The smallest absolute Gasteiger partial charge is 0.268 e. The maximum Gasteiger partial charge on any atom is 0.268 e. The molecule has 0 spiro atoms. The Morgan fingerprint density at radius 1 is 1.23 bits per heavy atom. The van der Waals surface area contributed by atoms with E-state index in [1.807, 2.05) is 24.3 Å². The number of nitriles is 1. The van der Waals surface area contributed by atoms with Crippen LogP contribution in [0.3, 0.4) is 0 Å². The van der Waals surface area contributed by atoms with Crippen LogP contribution in [0.4, 0.5) is 21.7 Å². The molecular weight excluding hydrogens is 535 g/mol. The van der Waals surface area contributed by atoms with Gasteiger partial charge in [0.15, 0.2) is 17.3 Å². The summed E-state index contributed by atoms with van der Waals surface area (Å²) in [6.45, 7) is 5.99. The molecule has 0 amide bonds. The van der Waals surface area contributed by atoms with E-state index >= 15 is 0 Å². The van der Waals surface area contributed by atoms with Crippen molar-refractivity contribution in [2.45, 2.75) is 6.92 Å². The SMILES string of the molecule is CCN(C)SNc1ccc(F)c(Oc2ccc3ncn(-c4cnc(N5CCNCC5)nc4)c(=O)c3c2N)c1C#N. The highest BCUT2D eigenvalue weighted by Gasteiger charge is 2.20. The van der Waals surface area contributed by atoms with Gasteiger partial charge in [-0.05, 0) is 31.3 Å². The number of halogens is 1. The lowest BCUT2D eigenvalue weighted by Crippen LogP contribution is -2.44. The summed E-state index contributed by atoms with van der Waals surface area (Å²) in [7, 11) is 1.87. The highest BCUT2D eigenvalue weighted by molar-refractivity contribution is 7.98. The van der Waals surface area contributed by atoms with Crippen LogP contribution in [0, 0.1) is 17.1 Å². The normalized spacial score (nSPS) is 13.4. The van der Waals surface area contributed by atoms with Gasteiger partial charge in [0.1, 0.15) is 18.0 Å². The van der Waals surface area contributed by atoms with E-state index in [2.05, 4.69) is 29.9 Å². The van der Waals surface area contributed by atoms with Crippen LogP contribution in [-0.2, 0) is 0 Å². The monoisotopic (exact) mass is 562 g/mol. The quantitative estimate of drug-likeness (QED) is 0.214. The van der Waals surface area contributed by atoms with E-state index in [0.717, 1.165) is 32.7 Å². The predicted molar refractivity (Wildman–Crippen MR) is 153 cm³/mol. The summed E-state index contributed by atoms with van der Waals surface area (Å²) < 4.78 is 26.9. The molecule has 4 N–H and O–H groups in total. The molecule has 4 aromatic rings. The van der Waals surface area contributed by atoms with Crippen LogP contribution in [0.1, 0.15) is 12.5 Å². The van der Waals surface area contributed by atoms with Crippen LogP contribution in [0.5, 0.6) is 11.5 Å². The van der Waals surface area contributed by atoms with Crippen LogP contribution >= 0.6 is 12.1 Å². The fraction of sp³-hybridized carbons (Fsp3) is 0.269. The van der Waals surface area contributed by atoms with Gasteiger partial charge in [-0.3, -0.25) is 9.36 Å². The number of nitrogens with two attached hydrogens (primary N) is 1. The van der Waals surface area contributed by atoms with Crippen molar-refractivity contribution < 1.29 is 9.13 Å². The van der Waals surface area contributed by atoms with E-state index in [0.29, 0.717) is 22.8 Å². The van der Waals surface area contributed by atoms with Gasteiger partial charge in [-0.1, -0.05) is 6.92 Å². The standard InChI is InChI=1S/C26H27FN10O2S/c1-3-35(2)40-34-19-5-4-18(27)24(17(19)12-28)39-21-7-6-20-22(23(21)29)25(38)37(15-33-20)16-13-31-26(32-14-16)36-10-8-30-9-11-36/h4-7,13-15,30,34H,3,8-11,29H2,1-2H3. The summed E-state index contributed by atoms with van der Waals surface area (Å²) in [6.07, 6.45) is 4.48. The van der Waals surface area contributed by atoms with E-state index in [1.165, 1.54) is 41.2 Å². The summed E-state index contributed by atoms with van der Waals surface area (Å²) in [4.78, 5) is 28.8. The predicted octanol–water partition coefficient (Wildman–Crippen LogP) is 2.90. The van der Waals surface area contributed by atoms with Crippen molar-refractivity contribution in [3.8, 4) is 23.3 Å². The zero-order valence-corrected chi connectivity index (χ0v) is 22.7. The Morgan fingerprint density at radius 3 is 2.67 bits per heavy atom. The van der Waals surface area contributed by atoms with Crippen LogP contribution in [0.25, 0.3) is 16.6 Å². The zero-order chi connectivity index (χ0) is 28.2. The fourth-order valence-electron chi connectivity index (χ4n) is 4.11. The van der Waals surface area contributed by atoms with E-state index in [4.69, 9.17) is 10.5 Å². The fourth-order valence-corrected chi connectivity index (χ4v) is 4.66. The molecule has 0 saturated carbocycles. The Morgan fingerprint density at radius 2 is 1.98 bits per heavy atom. The van der Waals surface area contributed by atoms with Gasteiger partial charge in [0.25, 0.3) is 5.56 Å². The second-order valence-electron chi connectivity index (χ2n) is 8.92. The van der Waals surface area contributed by atoms with Crippen molar-refractivity contribution in [2.24, 2.45) is 0 Å². The molecule has 0 atom stereocenters. The second kappa shape index (κ2) is 11.7. The average molecular weight is 563 g/mol. The first kappa shape index (κ1) is 27.1. The van der Waals surface area contributed by atoms with Crippen LogP contribution < -0.4 is 31.0 Å². The first-order valence-corrected chi connectivity index (χ1v) is 13.3. The van der Waals surface area contributed by atoms with E-state index in [9.17, 15) is 14.4 Å². The van der Waals surface area contributed by atoms with Crippen molar-refractivity contribution in [1.29, 1.82) is 5.26 Å². The van der Waals surface area contributed by atoms with Gasteiger partial charge in [-0.15, -0.1) is 0 Å². The Kier molecular flexibility index (Phi) is 7.96. The lowest BCUT2D eigenvalue weighted by Gasteiger charge is -2.27. The first-order valence-electron chi connectivity index (χ1n) is 12.5. The Labute approximate surface area is 233 Å². The molecule has 12 nitrogen and oxygen atoms in total. The van der Waals surface area contributed by atoms with Crippen molar-refractivity contribution in [3.63, 3.8) is 0 Å². The van der Waals surface area contributed by atoms with Crippen molar-refractivity contribution in [1.82, 2.24) is 29.1 Å². The van der Waals surface area contributed by atoms with Crippen molar-refractivity contribution in [2.75, 3.05) is 55.1 Å². The molecule has 3 heterocycles. The van der Waals surface area contributed by atoms with Gasteiger partial charge >= 0.3 is 0 Å². The van der Waals surface area contributed by atoms with Gasteiger partial charge in [-0.25, -0.2) is 23.6 Å². The molecule has 40 heavy (non-hydrogen) atoms. The molecule has 0 bridgehead atoms. The number of nitrogen functional groups attached to an aromatic ring is 1. The number of anilines is 3. The summed E-state index contributed by atoms with van der Waals surface area (Å²) >= 11 is 1.26. The Hall–Kier alpha value is -4.45. The third-order valence-corrected chi connectivity index (χ3v) is 7.30. The highest BCUT2D eigenvalue weighted by Crippen LogP contribution is 2.37. The summed E-state index contributed by atoms with van der Waals surface area (Å²) in [5, 5.41) is 13.2. The van der Waals surface area contributed by atoms with Gasteiger partial charge < -0.3 is 25.4 Å². The molecule has 0 aliphatic carbocycles. The first-order chi connectivity index (χ1) is 19.4. The zero-order valence-electron chi connectivity index (χ0n) is 21.9. The van der Waals surface area contributed by atoms with Gasteiger partial charge in [0.2, 0.25) is 5.95 Å². The number of fused-ring (bicyclic) bond motifs is 1. The van der Waals surface area contributed by atoms with Crippen molar-refractivity contribution in [3.05, 3.63) is 64.7 Å². The molecule has 1 aliphatic heterocycles. The lowest BCUT2D eigenvalue weighted by molar-refractivity contribution is 0.443. The number of ether oxygens (including phenoxy) is 1. The van der Waals surface area contributed by atoms with Crippen LogP contribution in [-0.4, -0.2) is 63.6 Å². The van der Waals surface area contributed by atoms with Gasteiger partial charge in [-0.2, -0.15) is 5.26 Å². The Balaban J connectivity index is 1.49. The molecule has 5 rings (SSSR count). The number of nitrogens with zero attached hydrogens (tertiary/aromatic N) is 7. The highest BCUT2D eigenvalue weighted by atomic mass is 32.2. The average Bonchev–Trinajstić information content (AvgIpc) is 2.99. The maximum atomic E-state index is 14.9. The summed E-state index contributed by atoms with van der Waals surface area (Å²) in [6, 6.07) is 7.68. The molecule has 206 valence electrons. The van der Waals surface area contributed by atoms with Crippen molar-refractivity contribution >= 4 is 40.4 Å². The number of aromatic nitrogens is 4. The van der Waals surface area contributed by atoms with E-state index < -0.39 is 11.4 Å².